The summed E-state index contributed by atoms with van der Waals surface area (Å²) in [4.78, 5) is 9.32. The summed E-state index contributed by atoms with van der Waals surface area (Å²) in [5, 5.41) is 13.1. The smallest absolute Gasteiger partial charge is 0.118 e. The standard InChI is InChI=1S/C21H13N3O/c25-24-21-14-7-2-1-6-13(14)20-15(8-5-9-16(20)21)19-12-22-17-10-3-4-11-18(17)23-19/h1-12,25H/b24-21+. The molecule has 1 aliphatic carbocycles. The van der Waals surface area contributed by atoms with E-state index in [1.165, 1.54) is 0 Å². The van der Waals surface area contributed by atoms with Crippen LogP contribution in [-0.2, 0) is 0 Å². The first-order valence-corrected chi connectivity index (χ1v) is 8.04. The molecule has 4 nitrogen and oxygen atoms in total. The SMILES string of the molecule is O/N=C1\c2ccccc2-c2c1cccc2-c1cnc2ccccc2n1. The van der Waals surface area contributed by atoms with Gasteiger partial charge in [-0.05, 0) is 17.7 Å². The number of oxime groups is 1. The zero-order valence-corrected chi connectivity index (χ0v) is 13.2. The molecule has 0 atom stereocenters. The quantitative estimate of drug-likeness (QED) is 0.365. The van der Waals surface area contributed by atoms with E-state index in [9.17, 15) is 5.21 Å². The van der Waals surface area contributed by atoms with Gasteiger partial charge in [-0.15, -0.1) is 0 Å². The Bertz CT molecular complexity index is 1160. The highest BCUT2D eigenvalue weighted by molar-refractivity contribution is 6.26. The summed E-state index contributed by atoms with van der Waals surface area (Å²) in [6, 6.07) is 21.8. The second-order valence-electron chi connectivity index (χ2n) is 5.97. The molecule has 0 bridgehead atoms. The van der Waals surface area contributed by atoms with Crippen molar-refractivity contribution in [2.24, 2.45) is 5.16 Å². The van der Waals surface area contributed by atoms with Gasteiger partial charge in [-0.1, -0.05) is 59.8 Å². The molecule has 1 N–H and O–H groups in total. The third kappa shape index (κ3) is 1.97. The monoisotopic (exact) mass is 323 g/mol. The fourth-order valence-electron chi connectivity index (χ4n) is 3.50. The summed E-state index contributed by atoms with van der Waals surface area (Å²) in [7, 11) is 0. The van der Waals surface area contributed by atoms with Crippen LogP contribution in [0, 0.1) is 0 Å². The summed E-state index contributed by atoms with van der Waals surface area (Å²) in [6.45, 7) is 0. The predicted octanol–water partition coefficient (Wildman–Crippen LogP) is 4.50. The van der Waals surface area contributed by atoms with Crippen molar-refractivity contribution in [3.8, 4) is 22.4 Å². The highest BCUT2D eigenvalue weighted by Crippen LogP contribution is 2.42. The molecule has 3 aromatic carbocycles. The van der Waals surface area contributed by atoms with Crippen molar-refractivity contribution in [2.75, 3.05) is 0 Å². The molecule has 0 fully saturated rings. The van der Waals surface area contributed by atoms with Gasteiger partial charge in [0.25, 0.3) is 0 Å². The van der Waals surface area contributed by atoms with Crippen LogP contribution < -0.4 is 0 Å². The fourth-order valence-corrected chi connectivity index (χ4v) is 3.50. The van der Waals surface area contributed by atoms with Gasteiger partial charge in [0.15, 0.2) is 0 Å². The highest BCUT2D eigenvalue weighted by Gasteiger charge is 2.28. The molecule has 5 rings (SSSR count). The maximum Gasteiger partial charge on any atom is 0.118 e. The van der Waals surface area contributed by atoms with E-state index in [1.807, 2.05) is 66.7 Å². The van der Waals surface area contributed by atoms with Crippen LogP contribution >= 0.6 is 0 Å². The molecule has 0 spiro atoms. The number of para-hydroxylation sites is 2. The molecule has 0 saturated heterocycles. The Morgan fingerprint density at radius 3 is 2.20 bits per heavy atom. The van der Waals surface area contributed by atoms with Gasteiger partial charge < -0.3 is 5.21 Å². The first-order valence-electron chi connectivity index (χ1n) is 8.04. The van der Waals surface area contributed by atoms with Gasteiger partial charge in [0.2, 0.25) is 0 Å². The van der Waals surface area contributed by atoms with E-state index < -0.39 is 0 Å². The van der Waals surface area contributed by atoms with Gasteiger partial charge in [-0.2, -0.15) is 0 Å². The van der Waals surface area contributed by atoms with E-state index in [2.05, 4.69) is 10.1 Å². The average molecular weight is 323 g/mol. The number of rotatable bonds is 1. The highest BCUT2D eigenvalue weighted by atomic mass is 16.4. The Balaban J connectivity index is 1.82. The van der Waals surface area contributed by atoms with Crippen LogP contribution in [0.1, 0.15) is 11.1 Å². The minimum absolute atomic E-state index is 0.598. The first kappa shape index (κ1) is 13.9. The third-order valence-electron chi connectivity index (χ3n) is 4.60. The Hall–Kier alpha value is -3.53. The van der Waals surface area contributed by atoms with Crippen LogP contribution in [0.4, 0.5) is 0 Å². The third-order valence-corrected chi connectivity index (χ3v) is 4.60. The van der Waals surface area contributed by atoms with E-state index in [0.717, 1.165) is 44.5 Å². The van der Waals surface area contributed by atoms with Crippen molar-refractivity contribution in [2.45, 2.75) is 0 Å². The molecule has 0 unspecified atom stereocenters. The maximum atomic E-state index is 9.52. The lowest BCUT2D eigenvalue weighted by Crippen LogP contribution is -1.97. The first-order chi connectivity index (χ1) is 12.4. The summed E-state index contributed by atoms with van der Waals surface area (Å²) >= 11 is 0. The lowest BCUT2D eigenvalue weighted by atomic mass is 9.97. The number of fused-ring (bicyclic) bond motifs is 4. The molecular formula is C21H13N3O. The predicted molar refractivity (Wildman–Crippen MR) is 97.8 cm³/mol. The molecule has 4 heteroatoms. The van der Waals surface area contributed by atoms with Crippen molar-refractivity contribution in [3.63, 3.8) is 0 Å². The van der Waals surface area contributed by atoms with Crippen molar-refractivity contribution in [1.29, 1.82) is 0 Å². The Morgan fingerprint density at radius 2 is 1.36 bits per heavy atom. The molecule has 1 heterocycles. The zero-order valence-electron chi connectivity index (χ0n) is 13.2. The molecule has 1 aromatic heterocycles. The Labute approximate surface area is 144 Å². The van der Waals surface area contributed by atoms with Gasteiger partial charge in [-0.3, -0.25) is 4.98 Å². The number of benzene rings is 3. The average Bonchev–Trinajstić information content (AvgIpc) is 3.01. The van der Waals surface area contributed by atoms with Gasteiger partial charge in [-0.25, -0.2) is 4.98 Å². The summed E-state index contributed by atoms with van der Waals surface area (Å²) in [6.07, 6.45) is 1.80. The van der Waals surface area contributed by atoms with Crippen LogP contribution in [0.3, 0.4) is 0 Å². The largest absolute Gasteiger partial charge is 0.410 e. The van der Waals surface area contributed by atoms with E-state index >= 15 is 0 Å². The zero-order chi connectivity index (χ0) is 16.8. The minimum atomic E-state index is 0.598. The van der Waals surface area contributed by atoms with Crippen LogP contribution in [0.25, 0.3) is 33.4 Å². The topological polar surface area (TPSA) is 58.4 Å². The molecule has 4 aromatic rings. The molecule has 0 amide bonds. The lowest BCUT2D eigenvalue weighted by molar-refractivity contribution is 0.320. The number of aromatic nitrogens is 2. The fraction of sp³-hybridized carbons (Fsp3) is 0. The van der Waals surface area contributed by atoms with Gasteiger partial charge >= 0.3 is 0 Å². The lowest BCUT2D eigenvalue weighted by Gasteiger charge is -2.09. The Kier molecular flexibility index (Phi) is 2.91. The summed E-state index contributed by atoms with van der Waals surface area (Å²) in [5.41, 5.74) is 8.06. The molecule has 0 saturated carbocycles. The molecule has 25 heavy (non-hydrogen) atoms. The van der Waals surface area contributed by atoms with Crippen molar-refractivity contribution < 1.29 is 5.21 Å². The minimum Gasteiger partial charge on any atom is -0.410 e. The van der Waals surface area contributed by atoms with E-state index in [1.54, 1.807) is 6.20 Å². The van der Waals surface area contributed by atoms with E-state index in [4.69, 9.17) is 4.98 Å². The number of hydrogen-bond acceptors (Lipinski definition) is 4. The van der Waals surface area contributed by atoms with E-state index in [-0.39, 0.29) is 0 Å². The van der Waals surface area contributed by atoms with Crippen molar-refractivity contribution in [3.05, 3.63) is 84.1 Å². The second-order valence-corrected chi connectivity index (χ2v) is 5.97. The van der Waals surface area contributed by atoms with Crippen LogP contribution in [0.5, 0.6) is 0 Å². The summed E-state index contributed by atoms with van der Waals surface area (Å²) < 4.78 is 0. The molecule has 0 aliphatic heterocycles. The molecule has 1 aliphatic rings. The van der Waals surface area contributed by atoms with Crippen LogP contribution in [0.15, 0.2) is 78.1 Å². The van der Waals surface area contributed by atoms with Crippen LogP contribution in [0.2, 0.25) is 0 Å². The summed E-state index contributed by atoms with van der Waals surface area (Å²) in [5.74, 6) is 0. The van der Waals surface area contributed by atoms with Crippen LogP contribution in [-0.4, -0.2) is 20.9 Å². The van der Waals surface area contributed by atoms with Gasteiger partial charge in [0, 0.05) is 22.3 Å². The van der Waals surface area contributed by atoms with Gasteiger partial charge in [0.05, 0.1) is 22.9 Å². The van der Waals surface area contributed by atoms with Gasteiger partial charge in [0.1, 0.15) is 5.71 Å². The normalized spacial score (nSPS) is 13.8. The molecule has 0 radical (unpaired) electrons. The number of nitrogens with zero attached hydrogens (tertiary/aromatic N) is 3. The second kappa shape index (κ2) is 5.24. The molecule has 118 valence electrons. The molecular weight excluding hydrogens is 310 g/mol. The number of hydrogen-bond donors (Lipinski definition) is 1. The maximum absolute atomic E-state index is 9.52. The van der Waals surface area contributed by atoms with E-state index in [0.29, 0.717) is 5.71 Å². The Morgan fingerprint density at radius 1 is 0.680 bits per heavy atom. The van der Waals surface area contributed by atoms with Crippen molar-refractivity contribution in [1.82, 2.24) is 9.97 Å². The van der Waals surface area contributed by atoms with Crippen molar-refractivity contribution >= 4 is 16.7 Å².